The summed E-state index contributed by atoms with van der Waals surface area (Å²) in [7, 11) is 0. The zero-order valence-corrected chi connectivity index (χ0v) is 12.3. The third-order valence-electron chi connectivity index (χ3n) is 4.76. The van der Waals surface area contributed by atoms with Crippen molar-refractivity contribution < 1.29 is 10.2 Å². The summed E-state index contributed by atoms with van der Waals surface area (Å²) in [5.41, 5.74) is 2.74. The van der Waals surface area contributed by atoms with E-state index in [0.717, 1.165) is 31.2 Å². The van der Waals surface area contributed by atoms with Gasteiger partial charge in [0.15, 0.2) is 0 Å². The zero-order chi connectivity index (χ0) is 14.0. The van der Waals surface area contributed by atoms with Gasteiger partial charge in [0, 0.05) is 6.42 Å². The average Bonchev–Trinajstić information content (AvgIpc) is 2.37. The highest BCUT2D eigenvalue weighted by Crippen LogP contribution is 2.35. The minimum Gasteiger partial charge on any atom is -0.390 e. The van der Waals surface area contributed by atoms with Crippen LogP contribution in [0.2, 0.25) is 0 Å². The molecule has 2 nitrogen and oxygen atoms in total. The van der Waals surface area contributed by atoms with Crippen LogP contribution in [0.25, 0.3) is 0 Å². The molecule has 0 spiro atoms. The predicted octanol–water partition coefficient (Wildman–Crippen LogP) is 3.15. The van der Waals surface area contributed by atoms with Gasteiger partial charge in [0.05, 0.1) is 11.7 Å². The van der Waals surface area contributed by atoms with Crippen molar-refractivity contribution >= 4 is 0 Å². The highest BCUT2D eigenvalue weighted by molar-refractivity contribution is 5.30. The molecule has 1 unspecified atom stereocenters. The van der Waals surface area contributed by atoms with Crippen LogP contribution in [0.4, 0.5) is 0 Å². The Balaban J connectivity index is 2.03. The summed E-state index contributed by atoms with van der Waals surface area (Å²) in [4.78, 5) is 0. The number of aryl methyl sites for hydroxylation is 2. The second kappa shape index (κ2) is 5.64. The lowest BCUT2D eigenvalue weighted by molar-refractivity contribution is -0.102. The minimum absolute atomic E-state index is 0.548. The van der Waals surface area contributed by atoms with Gasteiger partial charge in [0.2, 0.25) is 0 Å². The van der Waals surface area contributed by atoms with Gasteiger partial charge in [-0.15, -0.1) is 0 Å². The van der Waals surface area contributed by atoms with E-state index < -0.39 is 11.7 Å². The van der Waals surface area contributed by atoms with E-state index in [2.05, 4.69) is 39.0 Å². The second-order valence-electron chi connectivity index (χ2n) is 6.42. The Labute approximate surface area is 116 Å². The van der Waals surface area contributed by atoms with Crippen LogP contribution >= 0.6 is 0 Å². The Morgan fingerprint density at radius 3 is 2.42 bits per heavy atom. The molecule has 2 rings (SSSR count). The molecule has 19 heavy (non-hydrogen) atoms. The normalized spacial score (nSPS) is 29.2. The smallest absolute Gasteiger partial charge is 0.0908 e. The highest BCUT2D eigenvalue weighted by Gasteiger charge is 2.38. The fourth-order valence-electron chi connectivity index (χ4n) is 2.94. The van der Waals surface area contributed by atoms with Gasteiger partial charge in [0.1, 0.15) is 0 Å². The van der Waals surface area contributed by atoms with Gasteiger partial charge in [-0.2, -0.15) is 0 Å². The monoisotopic (exact) mass is 262 g/mol. The van der Waals surface area contributed by atoms with Crippen LogP contribution in [0.5, 0.6) is 0 Å². The Kier molecular flexibility index (Phi) is 4.32. The first-order chi connectivity index (χ1) is 8.90. The van der Waals surface area contributed by atoms with Crippen molar-refractivity contribution in [3.05, 3.63) is 34.9 Å². The first-order valence-corrected chi connectivity index (χ1v) is 7.37. The SMILES string of the molecule is Cc1ccc(CC(O)C2(O)CCC(C)CC2)cc1C. The maximum Gasteiger partial charge on any atom is 0.0908 e. The summed E-state index contributed by atoms with van der Waals surface area (Å²) in [6, 6.07) is 6.26. The van der Waals surface area contributed by atoms with Gasteiger partial charge >= 0.3 is 0 Å². The maximum absolute atomic E-state index is 10.6. The zero-order valence-electron chi connectivity index (χ0n) is 12.3. The Morgan fingerprint density at radius 1 is 1.21 bits per heavy atom. The van der Waals surface area contributed by atoms with Crippen molar-refractivity contribution in [1.29, 1.82) is 0 Å². The van der Waals surface area contributed by atoms with Crippen molar-refractivity contribution in [2.45, 2.75) is 64.6 Å². The Bertz CT molecular complexity index is 431. The summed E-state index contributed by atoms with van der Waals surface area (Å²) in [5.74, 6) is 0.675. The fraction of sp³-hybridized carbons (Fsp3) is 0.647. The van der Waals surface area contributed by atoms with Crippen LogP contribution < -0.4 is 0 Å². The Morgan fingerprint density at radius 2 is 1.84 bits per heavy atom. The molecule has 106 valence electrons. The molecule has 2 heteroatoms. The van der Waals surface area contributed by atoms with Crippen LogP contribution in [0.3, 0.4) is 0 Å². The standard InChI is InChI=1S/C17H26O2/c1-12-6-8-17(19,9-7-12)16(18)11-15-5-4-13(2)14(3)10-15/h4-5,10,12,16,18-19H,6-9,11H2,1-3H3. The molecule has 0 radical (unpaired) electrons. The number of aliphatic hydroxyl groups is 2. The molecule has 0 aliphatic heterocycles. The van der Waals surface area contributed by atoms with E-state index in [0.29, 0.717) is 12.3 Å². The molecule has 0 bridgehead atoms. The van der Waals surface area contributed by atoms with Gasteiger partial charge < -0.3 is 10.2 Å². The number of aliphatic hydroxyl groups excluding tert-OH is 1. The van der Waals surface area contributed by atoms with Crippen LogP contribution in [0.1, 0.15) is 49.3 Å². The predicted molar refractivity (Wildman–Crippen MR) is 78.2 cm³/mol. The van der Waals surface area contributed by atoms with Crippen molar-refractivity contribution in [2.75, 3.05) is 0 Å². The lowest BCUT2D eigenvalue weighted by Gasteiger charge is -2.38. The summed E-state index contributed by atoms with van der Waals surface area (Å²) in [5, 5.41) is 21.0. The lowest BCUT2D eigenvalue weighted by atomic mass is 9.75. The quantitative estimate of drug-likeness (QED) is 0.878. The molecule has 1 aliphatic rings. The third kappa shape index (κ3) is 3.37. The Hall–Kier alpha value is -0.860. The molecule has 1 saturated carbocycles. The number of benzene rings is 1. The fourth-order valence-corrected chi connectivity index (χ4v) is 2.94. The molecular formula is C17H26O2. The average molecular weight is 262 g/mol. The van der Waals surface area contributed by atoms with Gasteiger partial charge in [-0.3, -0.25) is 0 Å². The number of hydrogen-bond acceptors (Lipinski definition) is 2. The van der Waals surface area contributed by atoms with Gasteiger partial charge in [-0.25, -0.2) is 0 Å². The summed E-state index contributed by atoms with van der Waals surface area (Å²) >= 11 is 0. The molecule has 1 aromatic carbocycles. The van der Waals surface area contributed by atoms with Crippen molar-refractivity contribution in [3.63, 3.8) is 0 Å². The van der Waals surface area contributed by atoms with Crippen LogP contribution in [-0.2, 0) is 6.42 Å². The van der Waals surface area contributed by atoms with Crippen molar-refractivity contribution in [2.24, 2.45) is 5.92 Å². The minimum atomic E-state index is -0.884. The van der Waals surface area contributed by atoms with Crippen molar-refractivity contribution in [1.82, 2.24) is 0 Å². The lowest BCUT2D eigenvalue weighted by Crippen LogP contribution is -2.46. The first kappa shape index (κ1) is 14.5. The van der Waals surface area contributed by atoms with E-state index in [-0.39, 0.29) is 0 Å². The van der Waals surface area contributed by atoms with Crippen molar-refractivity contribution in [3.8, 4) is 0 Å². The third-order valence-corrected chi connectivity index (χ3v) is 4.76. The molecule has 0 heterocycles. The van der Waals surface area contributed by atoms with Crippen LogP contribution in [-0.4, -0.2) is 21.9 Å². The van der Waals surface area contributed by atoms with Crippen LogP contribution in [0.15, 0.2) is 18.2 Å². The van der Waals surface area contributed by atoms with E-state index in [4.69, 9.17) is 0 Å². The molecule has 1 fully saturated rings. The van der Waals surface area contributed by atoms with E-state index in [1.54, 1.807) is 0 Å². The molecule has 0 amide bonds. The molecule has 2 N–H and O–H groups in total. The molecule has 0 saturated heterocycles. The summed E-state index contributed by atoms with van der Waals surface area (Å²) in [6.07, 6.45) is 3.37. The van der Waals surface area contributed by atoms with E-state index in [1.165, 1.54) is 11.1 Å². The van der Waals surface area contributed by atoms with Gasteiger partial charge in [0.25, 0.3) is 0 Å². The summed E-state index contributed by atoms with van der Waals surface area (Å²) in [6.45, 7) is 6.39. The van der Waals surface area contributed by atoms with Crippen LogP contribution in [0, 0.1) is 19.8 Å². The molecular weight excluding hydrogens is 236 g/mol. The first-order valence-electron chi connectivity index (χ1n) is 7.37. The topological polar surface area (TPSA) is 40.5 Å². The molecule has 0 aromatic heterocycles. The second-order valence-corrected chi connectivity index (χ2v) is 6.42. The van der Waals surface area contributed by atoms with Gasteiger partial charge in [-0.1, -0.05) is 25.1 Å². The molecule has 1 aromatic rings. The summed E-state index contributed by atoms with van der Waals surface area (Å²) < 4.78 is 0. The van der Waals surface area contributed by atoms with Gasteiger partial charge in [-0.05, 0) is 62.1 Å². The maximum atomic E-state index is 10.6. The van der Waals surface area contributed by atoms with E-state index in [9.17, 15) is 10.2 Å². The van der Waals surface area contributed by atoms with E-state index in [1.807, 2.05) is 0 Å². The highest BCUT2D eigenvalue weighted by atomic mass is 16.3. The number of rotatable bonds is 3. The molecule has 1 atom stereocenters. The largest absolute Gasteiger partial charge is 0.390 e. The number of hydrogen-bond donors (Lipinski definition) is 2. The van der Waals surface area contributed by atoms with E-state index >= 15 is 0 Å². The molecule has 1 aliphatic carbocycles.